The van der Waals surface area contributed by atoms with Crippen LogP contribution in [0.25, 0.3) is 0 Å². The minimum absolute atomic E-state index is 0.0713. The lowest BCUT2D eigenvalue weighted by Gasteiger charge is -2.22. The summed E-state index contributed by atoms with van der Waals surface area (Å²) < 4.78 is 39.7. The fourth-order valence-corrected chi connectivity index (χ4v) is 2.89. The second-order valence-electron chi connectivity index (χ2n) is 5.81. The molecule has 1 aliphatic heterocycles. The van der Waals surface area contributed by atoms with Crippen molar-refractivity contribution in [3.63, 3.8) is 0 Å². The number of hydrogen-bond donors (Lipinski definition) is 1. The van der Waals surface area contributed by atoms with Crippen LogP contribution in [-0.2, 0) is 16.9 Å². The Morgan fingerprint density at radius 2 is 1.80 bits per heavy atom. The predicted octanol–water partition coefficient (Wildman–Crippen LogP) is 3.72. The minimum atomic E-state index is -1.54. The quantitative estimate of drug-likeness (QED) is 0.839. The Balaban J connectivity index is 1.92. The van der Waals surface area contributed by atoms with Crippen LogP contribution in [0.5, 0.6) is 0 Å². The van der Waals surface area contributed by atoms with Gasteiger partial charge in [-0.05, 0) is 42.3 Å². The first-order chi connectivity index (χ1) is 11.7. The summed E-state index contributed by atoms with van der Waals surface area (Å²) >= 11 is 5.93. The highest BCUT2D eigenvalue weighted by atomic mass is 35.5. The van der Waals surface area contributed by atoms with E-state index in [2.05, 4.69) is 5.32 Å². The van der Waals surface area contributed by atoms with Crippen LogP contribution in [0.15, 0.2) is 36.4 Å². The Bertz CT molecular complexity index is 890. The van der Waals surface area contributed by atoms with Crippen LogP contribution in [-0.4, -0.2) is 16.8 Å². The van der Waals surface area contributed by atoms with Crippen molar-refractivity contribution in [3.8, 4) is 0 Å². The number of hydrogen-bond acceptors (Lipinski definition) is 2. The van der Waals surface area contributed by atoms with E-state index in [4.69, 9.17) is 11.6 Å². The van der Waals surface area contributed by atoms with Gasteiger partial charge in [-0.25, -0.2) is 18.0 Å². The third kappa shape index (κ3) is 2.95. The van der Waals surface area contributed by atoms with E-state index < -0.39 is 34.9 Å². The SMILES string of the molecule is CC1(c2ccc(F)c(F)c2)NC(=O)N(Cc2ccc(F)cc2Cl)C1=O. The van der Waals surface area contributed by atoms with Gasteiger partial charge in [0, 0.05) is 5.02 Å². The van der Waals surface area contributed by atoms with Gasteiger partial charge in [0.25, 0.3) is 5.91 Å². The Labute approximate surface area is 146 Å². The first-order valence-corrected chi connectivity index (χ1v) is 7.64. The molecule has 25 heavy (non-hydrogen) atoms. The van der Waals surface area contributed by atoms with Crippen molar-refractivity contribution in [1.29, 1.82) is 0 Å². The second-order valence-corrected chi connectivity index (χ2v) is 6.22. The highest BCUT2D eigenvalue weighted by Crippen LogP contribution is 2.31. The van der Waals surface area contributed by atoms with Crippen LogP contribution in [0, 0.1) is 17.5 Å². The molecule has 1 heterocycles. The van der Waals surface area contributed by atoms with E-state index in [1.165, 1.54) is 19.1 Å². The van der Waals surface area contributed by atoms with Crippen LogP contribution in [0.4, 0.5) is 18.0 Å². The molecule has 0 aliphatic carbocycles. The monoisotopic (exact) mass is 368 g/mol. The molecule has 4 nitrogen and oxygen atoms in total. The van der Waals surface area contributed by atoms with Crippen molar-refractivity contribution in [1.82, 2.24) is 10.2 Å². The van der Waals surface area contributed by atoms with Crippen molar-refractivity contribution in [2.45, 2.75) is 19.0 Å². The molecule has 1 aliphatic rings. The van der Waals surface area contributed by atoms with Crippen LogP contribution in [0.1, 0.15) is 18.1 Å². The molecule has 0 bridgehead atoms. The number of carbonyl (C=O) groups is 2. The fourth-order valence-electron chi connectivity index (χ4n) is 2.66. The molecule has 1 saturated heterocycles. The maximum atomic E-state index is 13.5. The highest BCUT2D eigenvalue weighted by molar-refractivity contribution is 6.31. The number of carbonyl (C=O) groups excluding carboxylic acids is 2. The van der Waals surface area contributed by atoms with E-state index in [1.807, 2.05) is 0 Å². The molecule has 1 atom stereocenters. The third-order valence-electron chi connectivity index (χ3n) is 4.12. The van der Waals surface area contributed by atoms with E-state index in [1.54, 1.807) is 0 Å². The third-order valence-corrected chi connectivity index (χ3v) is 4.47. The van der Waals surface area contributed by atoms with Crippen LogP contribution in [0.3, 0.4) is 0 Å². The zero-order valence-corrected chi connectivity index (χ0v) is 13.7. The summed E-state index contributed by atoms with van der Waals surface area (Å²) in [6, 6.07) is 5.86. The summed E-state index contributed by atoms with van der Waals surface area (Å²) in [5.74, 6) is -3.37. The number of nitrogens with one attached hydrogen (secondary N) is 1. The van der Waals surface area contributed by atoms with Gasteiger partial charge in [-0.1, -0.05) is 23.7 Å². The standard InChI is InChI=1S/C17H12ClF3N2O2/c1-17(10-3-5-13(20)14(21)6-10)15(24)23(16(25)22-17)8-9-2-4-11(19)7-12(9)18/h2-7H,8H2,1H3,(H,22,25). The van der Waals surface area contributed by atoms with Gasteiger partial charge in [-0.2, -0.15) is 0 Å². The van der Waals surface area contributed by atoms with Crippen LogP contribution >= 0.6 is 11.6 Å². The fraction of sp³-hybridized carbons (Fsp3) is 0.176. The van der Waals surface area contributed by atoms with Crippen LogP contribution < -0.4 is 5.32 Å². The van der Waals surface area contributed by atoms with Crippen LogP contribution in [0.2, 0.25) is 5.02 Å². The van der Waals surface area contributed by atoms with Gasteiger partial charge < -0.3 is 5.32 Å². The Morgan fingerprint density at radius 3 is 2.44 bits per heavy atom. The number of benzene rings is 2. The first-order valence-electron chi connectivity index (χ1n) is 7.26. The van der Waals surface area contributed by atoms with Gasteiger partial charge in [0.15, 0.2) is 11.6 Å². The average Bonchev–Trinajstić information content (AvgIpc) is 2.76. The molecule has 0 spiro atoms. The number of amides is 3. The van der Waals surface area contributed by atoms with Crippen molar-refractivity contribution >= 4 is 23.5 Å². The zero-order chi connectivity index (χ0) is 18.4. The molecule has 3 rings (SSSR count). The van der Waals surface area contributed by atoms with Gasteiger partial charge in [-0.15, -0.1) is 0 Å². The lowest BCUT2D eigenvalue weighted by Crippen LogP contribution is -2.41. The molecule has 130 valence electrons. The van der Waals surface area contributed by atoms with Crippen molar-refractivity contribution in [2.75, 3.05) is 0 Å². The van der Waals surface area contributed by atoms with Gasteiger partial charge in [0.05, 0.1) is 6.54 Å². The molecule has 1 unspecified atom stereocenters. The minimum Gasteiger partial charge on any atom is -0.319 e. The lowest BCUT2D eigenvalue weighted by atomic mass is 9.92. The largest absolute Gasteiger partial charge is 0.325 e. The van der Waals surface area contributed by atoms with Gasteiger partial charge in [0.2, 0.25) is 0 Å². The van der Waals surface area contributed by atoms with Gasteiger partial charge >= 0.3 is 6.03 Å². The number of urea groups is 1. The molecule has 1 N–H and O–H groups in total. The summed E-state index contributed by atoms with van der Waals surface area (Å²) in [6.45, 7) is 1.22. The van der Waals surface area contributed by atoms with E-state index in [0.717, 1.165) is 29.2 Å². The van der Waals surface area contributed by atoms with Crippen molar-refractivity contribution in [3.05, 3.63) is 70.0 Å². The van der Waals surface area contributed by atoms with Gasteiger partial charge in [0.1, 0.15) is 11.4 Å². The van der Waals surface area contributed by atoms with E-state index in [9.17, 15) is 22.8 Å². The summed E-state index contributed by atoms with van der Waals surface area (Å²) in [7, 11) is 0. The summed E-state index contributed by atoms with van der Waals surface area (Å²) in [4.78, 5) is 25.8. The predicted molar refractivity (Wildman–Crippen MR) is 84.2 cm³/mol. The normalized spacial score (nSPS) is 20.1. The maximum Gasteiger partial charge on any atom is 0.325 e. The molecular weight excluding hydrogens is 357 g/mol. The van der Waals surface area contributed by atoms with E-state index in [-0.39, 0.29) is 17.1 Å². The van der Waals surface area contributed by atoms with E-state index in [0.29, 0.717) is 5.56 Å². The topological polar surface area (TPSA) is 49.4 Å². The maximum absolute atomic E-state index is 13.5. The van der Waals surface area contributed by atoms with E-state index >= 15 is 0 Å². The number of imide groups is 1. The Kier molecular flexibility index (Phi) is 4.20. The molecule has 3 amide bonds. The number of halogens is 4. The molecule has 0 saturated carbocycles. The first kappa shape index (κ1) is 17.3. The molecule has 2 aromatic rings. The number of rotatable bonds is 3. The lowest BCUT2D eigenvalue weighted by molar-refractivity contribution is -0.131. The highest BCUT2D eigenvalue weighted by Gasteiger charge is 2.49. The van der Waals surface area contributed by atoms with Crippen molar-refractivity contribution < 1.29 is 22.8 Å². The summed E-state index contributed by atoms with van der Waals surface area (Å²) in [6.07, 6.45) is 0. The Morgan fingerprint density at radius 1 is 1.08 bits per heavy atom. The Hall–Kier alpha value is -2.54. The summed E-state index contributed by atoms with van der Waals surface area (Å²) in [5.41, 5.74) is -1.06. The molecule has 2 aromatic carbocycles. The van der Waals surface area contributed by atoms with Crippen molar-refractivity contribution in [2.24, 2.45) is 0 Å². The molecule has 0 radical (unpaired) electrons. The van der Waals surface area contributed by atoms with Gasteiger partial charge in [-0.3, -0.25) is 9.69 Å². The molecular formula is C17H12ClF3N2O2. The molecule has 1 fully saturated rings. The average molecular weight is 369 g/mol. The second kappa shape index (κ2) is 6.07. The summed E-state index contributed by atoms with van der Waals surface area (Å²) in [5, 5.41) is 2.55. The smallest absolute Gasteiger partial charge is 0.319 e. The molecule has 8 heteroatoms. The molecule has 0 aromatic heterocycles. The number of nitrogens with zero attached hydrogens (tertiary/aromatic N) is 1. The zero-order valence-electron chi connectivity index (χ0n) is 12.9.